The molecule has 0 saturated carbocycles. The van der Waals surface area contributed by atoms with Gasteiger partial charge in [0.25, 0.3) is 0 Å². The number of likely N-dealkylation sites (tertiary alicyclic amines) is 1. The van der Waals surface area contributed by atoms with Gasteiger partial charge in [-0.3, -0.25) is 47.9 Å². The highest BCUT2D eigenvalue weighted by Crippen LogP contribution is 2.21. The molecule has 10 atom stereocenters. The SMILES string of the molecule is CC[C@H](C)[C@H](NC(=O)[C@@H](N)Cc1ccc(O)cc1)C(=O)N[C@H](C(=O)N[C@@H](CCC(=O)O)C(=O)N[C@@H](CCCCN)C(=O)N[C@@H](C)C(=O)N[C@@H](CC(N)=O)C(=O)N1CCC[C@H]1C(=O)N[C@H](C(=O)O)C(C)C)C(C)C. The smallest absolute Gasteiger partial charge is 0.326 e. The summed E-state index contributed by atoms with van der Waals surface area (Å²) in [5.74, 6) is -11.8. The summed E-state index contributed by atoms with van der Waals surface area (Å²) >= 11 is 0. The minimum absolute atomic E-state index is 0.0289. The molecule has 1 heterocycles. The Morgan fingerprint density at radius 3 is 1.77 bits per heavy atom. The lowest BCUT2D eigenvalue weighted by molar-refractivity contribution is -0.146. The lowest BCUT2D eigenvalue weighted by atomic mass is 9.95. The van der Waals surface area contributed by atoms with E-state index in [0.717, 1.165) is 4.90 Å². The number of unbranched alkanes of at least 4 members (excludes halogenated alkanes) is 1. The molecule has 1 aliphatic heterocycles. The molecule has 0 aromatic heterocycles. The van der Waals surface area contributed by atoms with Crippen LogP contribution in [0.15, 0.2) is 24.3 Å². The maximum Gasteiger partial charge on any atom is 0.326 e. The van der Waals surface area contributed by atoms with Gasteiger partial charge in [-0.1, -0.05) is 60.1 Å². The number of amides is 9. The van der Waals surface area contributed by atoms with Gasteiger partial charge in [0, 0.05) is 13.0 Å². The Bertz CT molecular complexity index is 2110. The number of rotatable bonds is 31. The number of nitrogens with one attached hydrogen (secondary N) is 7. The van der Waals surface area contributed by atoms with E-state index in [2.05, 4.69) is 37.2 Å². The molecule has 0 bridgehead atoms. The first-order chi connectivity index (χ1) is 34.2. The standard InChI is InChI=1S/C48H77N11O14/c1-8-26(6)39(58-41(65)30(50)22-28-14-16-29(60)17-15-28)46(70)56-37(24(2)3)45(69)54-32(18-19-36(62)63)43(67)53-31(12-9-10-20-49)42(66)52-27(7)40(64)55-33(23-35(51)61)47(71)59-21-11-13-34(59)44(68)57-38(25(4)5)48(72)73/h14-17,24-27,30-34,37-39,60H,8-13,18-23,49-50H2,1-7H3,(H2,51,61)(H,52,66)(H,53,67)(H,54,69)(H,55,64)(H,56,70)(H,57,68)(H,58,65)(H,62,63)(H,72,73)/t26-,27-,30-,31-,32-,33-,34-,37-,38-,39-/m0/s1. The van der Waals surface area contributed by atoms with E-state index in [1.54, 1.807) is 53.7 Å². The summed E-state index contributed by atoms with van der Waals surface area (Å²) < 4.78 is 0. The van der Waals surface area contributed by atoms with E-state index in [1.165, 1.54) is 19.1 Å². The number of phenols is 1. The zero-order valence-corrected chi connectivity index (χ0v) is 42.7. The molecule has 1 aromatic rings. The van der Waals surface area contributed by atoms with Crippen molar-refractivity contribution in [1.82, 2.24) is 42.1 Å². The third kappa shape index (κ3) is 20.3. The molecular formula is C48H77N11O14. The number of carboxylic acid groups (broad SMARTS) is 2. The maximum atomic E-state index is 14.0. The third-order valence-corrected chi connectivity index (χ3v) is 12.5. The Morgan fingerprint density at radius 1 is 0.671 bits per heavy atom. The molecule has 9 amide bonds. The average molecular weight is 1030 g/mol. The topological polar surface area (TPSA) is 414 Å². The second-order valence-corrected chi connectivity index (χ2v) is 19.1. The Labute approximate surface area is 425 Å². The number of carboxylic acids is 2. The fraction of sp³-hybridized carbons (Fsp3) is 0.646. The molecular weight excluding hydrogens is 955 g/mol. The number of carbonyl (C=O) groups excluding carboxylic acids is 9. The molecule has 0 aliphatic carbocycles. The summed E-state index contributed by atoms with van der Waals surface area (Å²) in [6.07, 6.45) is -0.107. The number of benzene rings is 1. The highest BCUT2D eigenvalue weighted by atomic mass is 16.4. The first-order valence-electron chi connectivity index (χ1n) is 24.6. The largest absolute Gasteiger partial charge is 0.508 e. The zero-order valence-electron chi connectivity index (χ0n) is 42.7. The zero-order chi connectivity index (χ0) is 55.3. The van der Waals surface area contributed by atoms with Crippen LogP contribution in [0.25, 0.3) is 0 Å². The van der Waals surface area contributed by atoms with Crippen LogP contribution in [0.1, 0.15) is 112 Å². The molecule has 2 rings (SSSR count). The molecule has 73 heavy (non-hydrogen) atoms. The average Bonchev–Trinajstić information content (AvgIpc) is 3.82. The maximum absolute atomic E-state index is 14.0. The number of primary amides is 1. The lowest BCUT2D eigenvalue weighted by Gasteiger charge is -2.30. The molecule has 0 unspecified atom stereocenters. The second kappa shape index (κ2) is 30.2. The van der Waals surface area contributed by atoms with Crippen LogP contribution in [0.3, 0.4) is 0 Å². The minimum atomic E-state index is -1.60. The predicted octanol–water partition coefficient (Wildman–Crippen LogP) is -2.02. The first kappa shape index (κ1) is 62.2. The van der Waals surface area contributed by atoms with E-state index in [-0.39, 0.29) is 44.5 Å². The summed E-state index contributed by atoms with van der Waals surface area (Å²) in [6, 6.07) is -5.85. The summed E-state index contributed by atoms with van der Waals surface area (Å²) in [6.45, 7) is 11.4. The molecule has 1 aliphatic rings. The van der Waals surface area contributed by atoms with Crippen LogP contribution < -0.4 is 54.4 Å². The summed E-state index contributed by atoms with van der Waals surface area (Å²) in [4.78, 5) is 146. The van der Waals surface area contributed by atoms with Gasteiger partial charge in [-0.15, -0.1) is 0 Å². The molecule has 1 aromatic carbocycles. The van der Waals surface area contributed by atoms with E-state index >= 15 is 0 Å². The highest BCUT2D eigenvalue weighted by Gasteiger charge is 2.41. The summed E-state index contributed by atoms with van der Waals surface area (Å²) in [7, 11) is 0. The van der Waals surface area contributed by atoms with Crippen LogP contribution in [0, 0.1) is 17.8 Å². The summed E-state index contributed by atoms with van der Waals surface area (Å²) in [5, 5.41) is 46.4. The lowest BCUT2D eigenvalue weighted by Crippen LogP contribution is -2.61. The number of aliphatic carboxylic acids is 2. The van der Waals surface area contributed by atoms with Crippen LogP contribution in [0.2, 0.25) is 0 Å². The van der Waals surface area contributed by atoms with Gasteiger partial charge in [-0.05, 0) is 93.9 Å². The first-order valence-corrected chi connectivity index (χ1v) is 24.6. The van der Waals surface area contributed by atoms with Crippen LogP contribution in [0.4, 0.5) is 0 Å². The van der Waals surface area contributed by atoms with Crippen LogP contribution in [-0.2, 0) is 59.2 Å². The molecule has 1 fully saturated rings. The predicted molar refractivity (Wildman–Crippen MR) is 264 cm³/mol. The van der Waals surface area contributed by atoms with E-state index in [9.17, 15) is 68.1 Å². The minimum Gasteiger partial charge on any atom is -0.508 e. The van der Waals surface area contributed by atoms with Gasteiger partial charge in [-0.2, -0.15) is 0 Å². The number of aromatic hydroxyl groups is 1. The van der Waals surface area contributed by atoms with Gasteiger partial charge < -0.3 is 74.6 Å². The van der Waals surface area contributed by atoms with Crippen LogP contribution in [0.5, 0.6) is 5.75 Å². The van der Waals surface area contributed by atoms with Crippen molar-refractivity contribution in [3.05, 3.63) is 29.8 Å². The molecule has 408 valence electrons. The van der Waals surface area contributed by atoms with Gasteiger partial charge in [0.2, 0.25) is 53.2 Å². The van der Waals surface area contributed by atoms with Gasteiger partial charge in [-0.25, -0.2) is 4.79 Å². The number of nitrogens with two attached hydrogens (primary N) is 3. The fourth-order valence-electron chi connectivity index (χ4n) is 7.89. The monoisotopic (exact) mass is 1030 g/mol. The Kier molecular flexibility index (Phi) is 25.8. The highest BCUT2D eigenvalue weighted by molar-refractivity contribution is 5.99. The molecule has 0 spiro atoms. The van der Waals surface area contributed by atoms with Gasteiger partial charge >= 0.3 is 11.9 Å². The Hall–Kier alpha value is -6.89. The van der Waals surface area contributed by atoms with E-state index in [4.69, 9.17) is 17.2 Å². The van der Waals surface area contributed by atoms with Crippen molar-refractivity contribution in [2.45, 2.75) is 167 Å². The second-order valence-electron chi connectivity index (χ2n) is 19.1. The molecule has 1 saturated heterocycles. The van der Waals surface area contributed by atoms with Crippen LogP contribution in [-0.4, -0.2) is 153 Å². The Balaban J connectivity index is 2.28. The number of hydrogen-bond donors (Lipinski definition) is 13. The van der Waals surface area contributed by atoms with E-state index < -0.39 is 156 Å². The van der Waals surface area contributed by atoms with Gasteiger partial charge in [0.15, 0.2) is 0 Å². The quantitative estimate of drug-likeness (QED) is 0.0357. The third-order valence-electron chi connectivity index (χ3n) is 12.5. The van der Waals surface area contributed by atoms with Crippen molar-refractivity contribution in [1.29, 1.82) is 0 Å². The van der Waals surface area contributed by atoms with Crippen molar-refractivity contribution in [3.8, 4) is 5.75 Å². The molecule has 0 radical (unpaired) electrons. The van der Waals surface area contributed by atoms with Gasteiger partial charge in [0.05, 0.1) is 12.5 Å². The van der Waals surface area contributed by atoms with Crippen molar-refractivity contribution in [2.75, 3.05) is 13.1 Å². The molecule has 16 N–H and O–H groups in total. The van der Waals surface area contributed by atoms with Crippen molar-refractivity contribution >= 4 is 65.1 Å². The van der Waals surface area contributed by atoms with Crippen molar-refractivity contribution in [3.63, 3.8) is 0 Å². The fourth-order valence-corrected chi connectivity index (χ4v) is 7.89. The van der Waals surface area contributed by atoms with Crippen molar-refractivity contribution < 1.29 is 68.1 Å². The number of phenolic OH excluding ortho intramolecular Hbond substituents is 1. The van der Waals surface area contributed by atoms with E-state index in [0.29, 0.717) is 24.8 Å². The number of nitrogens with zero attached hydrogens (tertiary/aromatic N) is 1. The van der Waals surface area contributed by atoms with Crippen molar-refractivity contribution in [2.24, 2.45) is 35.0 Å². The summed E-state index contributed by atoms with van der Waals surface area (Å²) in [5.41, 5.74) is 18.0. The normalized spacial score (nSPS) is 17.0. The molecule has 25 nitrogen and oxygen atoms in total. The van der Waals surface area contributed by atoms with Crippen LogP contribution >= 0.6 is 0 Å². The number of carbonyl (C=O) groups is 11. The van der Waals surface area contributed by atoms with E-state index in [1.807, 2.05) is 0 Å². The molecule has 25 heteroatoms. The van der Waals surface area contributed by atoms with Gasteiger partial charge in [0.1, 0.15) is 54.1 Å². The Morgan fingerprint density at radius 2 is 1.22 bits per heavy atom. The number of hydrogen-bond acceptors (Lipinski definition) is 14.